The lowest BCUT2D eigenvalue weighted by atomic mass is 9.99. The second kappa shape index (κ2) is 5.64. The third-order valence-corrected chi connectivity index (χ3v) is 2.82. The van der Waals surface area contributed by atoms with Gasteiger partial charge in [0.1, 0.15) is 6.54 Å². The number of urea groups is 1. The maximum atomic E-state index is 12.3. The van der Waals surface area contributed by atoms with Crippen molar-refractivity contribution in [3.63, 3.8) is 0 Å². The van der Waals surface area contributed by atoms with E-state index >= 15 is 0 Å². The van der Waals surface area contributed by atoms with Gasteiger partial charge in [-0.2, -0.15) is 13.2 Å². The number of carbonyl (C=O) groups is 2. The number of halogens is 3. The molecule has 2 N–H and O–H groups in total. The van der Waals surface area contributed by atoms with E-state index in [-0.39, 0.29) is 26.2 Å². The predicted octanol–water partition coefficient (Wildman–Crippen LogP) is 0.824. The van der Waals surface area contributed by atoms with Gasteiger partial charge >= 0.3 is 18.2 Å². The quantitative estimate of drug-likeness (QED) is 0.801. The van der Waals surface area contributed by atoms with Gasteiger partial charge in [-0.3, -0.25) is 0 Å². The summed E-state index contributed by atoms with van der Waals surface area (Å²) in [6.45, 7) is -0.340. The molecule has 0 bridgehead atoms. The molecule has 1 unspecified atom stereocenters. The molecule has 0 aliphatic carbocycles. The summed E-state index contributed by atoms with van der Waals surface area (Å²) in [7, 11) is 0. The third-order valence-electron chi connectivity index (χ3n) is 2.82. The van der Waals surface area contributed by atoms with Crippen LogP contribution < -0.4 is 5.32 Å². The number of carbonyl (C=O) groups excluding carboxylic acids is 1. The lowest BCUT2D eigenvalue weighted by Gasteiger charge is -2.29. The number of hydrogen-bond acceptors (Lipinski definition) is 3. The highest BCUT2D eigenvalue weighted by Gasteiger charge is 2.45. The number of ether oxygens (including phenoxy) is 1. The predicted molar refractivity (Wildman–Crippen MR) is 57.6 cm³/mol. The molecule has 6 nitrogen and oxygen atoms in total. The van der Waals surface area contributed by atoms with Crippen LogP contribution in [0.2, 0.25) is 0 Å². The molecule has 0 spiro atoms. The minimum absolute atomic E-state index is 0.0254. The van der Waals surface area contributed by atoms with Gasteiger partial charge in [-0.1, -0.05) is 0 Å². The minimum Gasteiger partial charge on any atom is -0.479 e. The molecule has 0 aromatic rings. The molecule has 1 aliphatic heterocycles. The first kappa shape index (κ1) is 15.5. The first-order chi connectivity index (χ1) is 8.70. The second-order valence-corrected chi connectivity index (χ2v) is 4.25. The van der Waals surface area contributed by atoms with Crippen LogP contribution >= 0.6 is 0 Å². The lowest BCUT2D eigenvalue weighted by molar-refractivity contribution is -0.145. The molecule has 1 atom stereocenters. The molecule has 1 saturated heterocycles. The van der Waals surface area contributed by atoms with E-state index in [1.165, 1.54) is 6.92 Å². The number of rotatable bonds is 4. The van der Waals surface area contributed by atoms with Crippen LogP contribution in [0.4, 0.5) is 18.0 Å². The Bertz CT molecular complexity index is 353. The van der Waals surface area contributed by atoms with Crippen LogP contribution in [0.25, 0.3) is 0 Å². The molecule has 9 heteroatoms. The monoisotopic (exact) mass is 284 g/mol. The van der Waals surface area contributed by atoms with Crippen molar-refractivity contribution in [2.24, 2.45) is 0 Å². The molecule has 1 heterocycles. The number of alkyl halides is 3. The van der Waals surface area contributed by atoms with E-state index in [1.54, 1.807) is 0 Å². The summed E-state index contributed by atoms with van der Waals surface area (Å²) in [6, 6.07) is -1.06. The fourth-order valence-corrected chi connectivity index (χ4v) is 1.71. The van der Waals surface area contributed by atoms with Crippen LogP contribution in [0.15, 0.2) is 0 Å². The highest BCUT2D eigenvalue weighted by molar-refractivity contribution is 5.86. The fraction of sp³-hybridized carbons (Fsp3) is 0.800. The number of carboxylic acid groups (broad SMARTS) is 1. The standard InChI is InChI=1S/C10H15F3N2O4/c1-2-15(5-10(11,12)13)8(18)14-9(7(16)17)3-4-19-6-9/h2-6H2,1H3,(H,14,18)(H,16,17). The summed E-state index contributed by atoms with van der Waals surface area (Å²) in [6.07, 6.45) is -4.51. The molecule has 1 fully saturated rings. The first-order valence-corrected chi connectivity index (χ1v) is 5.65. The SMILES string of the molecule is CCN(CC(F)(F)F)C(=O)NC1(C(=O)O)CCOC1. The molecule has 0 saturated carbocycles. The summed E-state index contributed by atoms with van der Waals surface area (Å²) < 4.78 is 41.7. The van der Waals surface area contributed by atoms with Gasteiger partial charge in [-0.15, -0.1) is 0 Å². The number of amides is 2. The Hall–Kier alpha value is -1.51. The van der Waals surface area contributed by atoms with Gasteiger partial charge in [-0.05, 0) is 6.92 Å². The highest BCUT2D eigenvalue weighted by Crippen LogP contribution is 2.21. The van der Waals surface area contributed by atoms with Crippen molar-refractivity contribution in [2.45, 2.75) is 25.1 Å². The molecule has 1 rings (SSSR count). The maximum absolute atomic E-state index is 12.3. The molecule has 0 aromatic carbocycles. The number of nitrogens with zero attached hydrogens (tertiary/aromatic N) is 1. The van der Waals surface area contributed by atoms with E-state index < -0.39 is 30.3 Å². The van der Waals surface area contributed by atoms with E-state index in [9.17, 15) is 22.8 Å². The van der Waals surface area contributed by atoms with Gasteiger partial charge in [0.2, 0.25) is 0 Å². The van der Waals surface area contributed by atoms with Gasteiger partial charge in [0.25, 0.3) is 0 Å². The zero-order chi connectivity index (χ0) is 14.7. The Morgan fingerprint density at radius 1 is 1.47 bits per heavy atom. The van der Waals surface area contributed by atoms with Crippen LogP contribution in [0.3, 0.4) is 0 Å². The molecular weight excluding hydrogens is 269 g/mol. The Morgan fingerprint density at radius 3 is 2.47 bits per heavy atom. The summed E-state index contributed by atoms with van der Waals surface area (Å²) in [5.74, 6) is -1.32. The van der Waals surface area contributed by atoms with Crippen molar-refractivity contribution in [3.8, 4) is 0 Å². The third kappa shape index (κ3) is 3.98. The van der Waals surface area contributed by atoms with E-state index in [0.717, 1.165) is 0 Å². The number of carboxylic acids is 1. The Morgan fingerprint density at radius 2 is 2.11 bits per heavy atom. The van der Waals surface area contributed by atoms with Crippen molar-refractivity contribution in [1.29, 1.82) is 0 Å². The van der Waals surface area contributed by atoms with E-state index in [4.69, 9.17) is 9.84 Å². The highest BCUT2D eigenvalue weighted by atomic mass is 19.4. The van der Waals surface area contributed by atoms with Gasteiger partial charge in [0, 0.05) is 19.6 Å². The molecular formula is C10H15F3N2O4. The minimum atomic E-state index is -4.53. The lowest BCUT2D eigenvalue weighted by Crippen LogP contribution is -2.59. The van der Waals surface area contributed by atoms with Crippen molar-refractivity contribution >= 4 is 12.0 Å². The molecule has 1 aliphatic rings. The Labute approximate surface area is 107 Å². The van der Waals surface area contributed by atoms with Gasteiger partial charge < -0.3 is 20.1 Å². The van der Waals surface area contributed by atoms with E-state index in [2.05, 4.69) is 5.32 Å². The molecule has 110 valence electrons. The summed E-state index contributed by atoms with van der Waals surface area (Å²) in [4.78, 5) is 23.3. The molecule has 0 aromatic heterocycles. The molecule has 19 heavy (non-hydrogen) atoms. The fourth-order valence-electron chi connectivity index (χ4n) is 1.71. The largest absolute Gasteiger partial charge is 0.479 e. The molecule has 2 amide bonds. The van der Waals surface area contributed by atoms with Crippen LogP contribution in [0.5, 0.6) is 0 Å². The van der Waals surface area contributed by atoms with Crippen molar-refractivity contribution < 1.29 is 32.6 Å². The smallest absolute Gasteiger partial charge is 0.406 e. The number of hydrogen-bond donors (Lipinski definition) is 2. The normalized spacial score (nSPS) is 23.2. The Balaban J connectivity index is 2.73. The summed E-state index contributed by atoms with van der Waals surface area (Å²) in [5.41, 5.74) is -1.64. The van der Waals surface area contributed by atoms with Crippen LogP contribution in [0.1, 0.15) is 13.3 Å². The average Bonchev–Trinajstić information content (AvgIpc) is 2.74. The zero-order valence-electron chi connectivity index (χ0n) is 10.3. The maximum Gasteiger partial charge on any atom is 0.406 e. The van der Waals surface area contributed by atoms with Gasteiger partial charge in [-0.25, -0.2) is 9.59 Å². The van der Waals surface area contributed by atoms with Crippen LogP contribution in [0, 0.1) is 0 Å². The van der Waals surface area contributed by atoms with E-state index in [1.807, 2.05) is 0 Å². The van der Waals surface area contributed by atoms with Crippen molar-refractivity contribution in [3.05, 3.63) is 0 Å². The zero-order valence-corrected chi connectivity index (χ0v) is 10.3. The molecule has 0 radical (unpaired) electrons. The number of aliphatic carboxylic acids is 1. The topological polar surface area (TPSA) is 78.9 Å². The number of nitrogens with one attached hydrogen (secondary N) is 1. The Kier molecular flexibility index (Phi) is 4.61. The second-order valence-electron chi connectivity index (χ2n) is 4.25. The average molecular weight is 284 g/mol. The summed E-state index contributed by atoms with van der Waals surface area (Å²) >= 11 is 0. The summed E-state index contributed by atoms with van der Waals surface area (Å²) in [5, 5.41) is 11.2. The van der Waals surface area contributed by atoms with Crippen LogP contribution in [-0.2, 0) is 9.53 Å². The first-order valence-electron chi connectivity index (χ1n) is 5.65. The van der Waals surface area contributed by atoms with Crippen molar-refractivity contribution in [2.75, 3.05) is 26.3 Å². The van der Waals surface area contributed by atoms with Crippen LogP contribution in [-0.4, -0.2) is 60.0 Å². The van der Waals surface area contributed by atoms with Crippen molar-refractivity contribution in [1.82, 2.24) is 10.2 Å². The van der Waals surface area contributed by atoms with Gasteiger partial charge in [0.15, 0.2) is 5.54 Å². The van der Waals surface area contributed by atoms with E-state index in [0.29, 0.717) is 4.90 Å². The van der Waals surface area contributed by atoms with Gasteiger partial charge in [0.05, 0.1) is 6.61 Å².